The van der Waals surface area contributed by atoms with Gasteiger partial charge in [-0.1, -0.05) is 31.4 Å². The molecule has 0 N–H and O–H groups in total. The van der Waals surface area contributed by atoms with Gasteiger partial charge in [-0.3, -0.25) is 4.98 Å². The van der Waals surface area contributed by atoms with Gasteiger partial charge in [-0.15, -0.1) is 0 Å². The Labute approximate surface area is 148 Å². The molecule has 130 valence electrons. The maximum absolute atomic E-state index is 12.8. The van der Waals surface area contributed by atoms with Gasteiger partial charge in [0.1, 0.15) is 0 Å². The molecule has 2 aromatic heterocycles. The Bertz CT molecular complexity index is 968. The van der Waals surface area contributed by atoms with Gasteiger partial charge in [0.2, 0.25) is 0 Å². The summed E-state index contributed by atoms with van der Waals surface area (Å²) in [6.45, 7) is 0.720. The van der Waals surface area contributed by atoms with Gasteiger partial charge < -0.3 is 4.57 Å². The van der Waals surface area contributed by atoms with Crippen molar-refractivity contribution in [2.45, 2.75) is 48.8 Å². The largest absolute Gasteiger partial charge is 0.343 e. The number of benzene rings is 1. The molecule has 1 aliphatic carbocycles. The molecule has 1 fully saturated rings. The lowest BCUT2D eigenvalue weighted by Crippen LogP contribution is -2.24. The Kier molecular flexibility index (Phi) is 4.34. The summed E-state index contributed by atoms with van der Waals surface area (Å²) >= 11 is 0. The monoisotopic (exact) mass is 354 g/mol. The molecular formula is C20H22N2O2S. The topological polar surface area (TPSA) is 52.0 Å². The van der Waals surface area contributed by atoms with Crippen LogP contribution in [0.5, 0.6) is 0 Å². The lowest BCUT2D eigenvalue weighted by atomic mass is 10.0. The molecule has 0 radical (unpaired) electrons. The number of pyridine rings is 1. The minimum Gasteiger partial charge on any atom is -0.343 e. The zero-order valence-electron chi connectivity index (χ0n) is 14.1. The molecule has 0 atom stereocenters. The highest BCUT2D eigenvalue weighted by Gasteiger charge is 2.28. The third-order valence-electron chi connectivity index (χ3n) is 5.17. The number of nitrogens with zero attached hydrogens (tertiary/aromatic N) is 2. The molecule has 25 heavy (non-hydrogen) atoms. The van der Waals surface area contributed by atoms with Crippen molar-refractivity contribution in [3.63, 3.8) is 0 Å². The highest BCUT2D eigenvalue weighted by Crippen LogP contribution is 2.28. The number of aromatic nitrogens is 2. The first kappa shape index (κ1) is 16.3. The van der Waals surface area contributed by atoms with Crippen LogP contribution in [0, 0.1) is 0 Å². The number of fused-ring (bicyclic) bond motifs is 1. The first-order chi connectivity index (χ1) is 12.1. The van der Waals surface area contributed by atoms with Crippen molar-refractivity contribution in [2.24, 2.45) is 0 Å². The standard InChI is InChI=1S/C20H22N2O2S/c23-25(24,18-4-2-1-3-5-18)19-8-6-16(7-9-19)15-22-13-11-17-14-21-12-10-20(17)22/h6-14,18H,1-5,15H2. The molecule has 5 heteroatoms. The van der Waals surface area contributed by atoms with Crippen LogP contribution in [0.15, 0.2) is 59.9 Å². The fourth-order valence-electron chi connectivity index (χ4n) is 3.73. The molecular weight excluding hydrogens is 332 g/mol. The first-order valence-electron chi connectivity index (χ1n) is 8.86. The van der Waals surface area contributed by atoms with Crippen LogP contribution in [-0.4, -0.2) is 23.2 Å². The van der Waals surface area contributed by atoms with Crippen molar-refractivity contribution in [3.8, 4) is 0 Å². The average molecular weight is 354 g/mol. The third kappa shape index (κ3) is 3.21. The lowest BCUT2D eigenvalue weighted by molar-refractivity contribution is 0.483. The summed E-state index contributed by atoms with van der Waals surface area (Å²) in [5.74, 6) is 0. The smallest absolute Gasteiger partial charge is 0.181 e. The predicted molar refractivity (Wildman–Crippen MR) is 99.3 cm³/mol. The van der Waals surface area contributed by atoms with Crippen LogP contribution < -0.4 is 0 Å². The Morgan fingerprint density at radius 1 is 1.00 bits per heavy atom. The van der Waals surface area contributed by atoms with E-state index in [-0.39, 0.29) is 5.25 Å². The molecule has 0 saturated heterocycles. The zero-order valence-corrected chi connectivity index (χ0v) is 15.0. The average Bonchev–Trinajstić information content (AvgIpc) is 3.06. The molecule has 4 nitrogen and oxygen atoms in total. The second-order valence-corrected chi connectivity index (χ2v) is 9.06. The van der Waals surface area contributed by atoms with E-state index in [0.29, 0.717) is 4.90 Å². The van der Waals surface area contributed by atoms with Crippen LogP contribution in [0.1, 0.15) is 37.7 Å². The number of hydrogen-bond acceptors (Lipinski definition) is 3. The molecule has 1 saturated carbocycles. The minimum absolute atomic E-state index is 0.201. The predicted octanol–water partition coefficient (Wildman–Crippen LogP) is 4.19. The second kappa shape index (κ2) is 6.64. The Hall–Kier alpha value is -2.14. The highest BCUT2D eigenvalue weighted by molar-refractivity contribution is 7.92. The highest BCUT2D eigenvalue weighted by atomic mass is 32.2. The Morgan fingerprint density at radius 2 is 1.76 bits per heavy atom. The molecule has 0 amide bonds. The zero-order chi connectivity index (χ0) is 17.3. The van der Waals surface area contributed by atoms with Crippen molar-refractivity contribution >= 4 is 20.7 Å². The molecule has 0 spiro atoms. The summed E-state index contributed by atoms with van der Waals surface area (Å²) in [5.41, 5.74) is 2.23. The minimum atomic E-state index is -3.19. The van der Waals surface area contributed by atoms with Crippen molar-refractivity contribution in [3.05, 3.63) is 60.6 Å². The second-order valence-electron chi connectivity index (χ2n) is 6.83. The maximum atomic E-state index is 12.8. The SMILES string of the molecule is O=S(=O)(c1ccc(Cn2ccc3cnccc32)cc1)C1CCCCC1. The lowest BCUT2D eigenvalue weighted by Gasteiger charge is -2.21. The molecule has 0 aliphatic heterocycles. The van der Waals surface area contributed by atoms with Gasteiger partial charge in [0.25, 0.3) is 0 Å². The van der Waals surface area contributed by atoms with Crippen LogP contribution in [0.3, 0.4) is 0 Å². The van der Waals surface area contributed by atoms with E-state index in [1.165, 1.54) is 0 Å². The van der Waals surface area contributed by atoms with Crippen LogP contribution in [-0.2, 0) is 16.4 Å². The quantitative estimate of drug-likeness (QED) is 0.706. The van der Waals surface area contributed by atoms with Gasteiger partial charge in [0.05, 0.1) is 15.7 Å². The van der Waals surface area contributed by atoms with E-state index in [4.69, 9.17) is 0 Å². The molecule has 1 aliphatic rings. The summed E-state index contributed by atoms with van der Waals surface area (Å²) in [4.78, 5) is 4.60. The maximum Gasteiger partial charge on any atom is 0.181 e. The first-order valence-corrected chi connectivity index (χ1v) is 10.4. The van der Waals surface area contributed by atoms with Gasteiger partial charge in [0, 0.05) is 30.5 Å². The van der Waals surface area contributed by atoms with E-state index >= 15 is 0 Å². The van der Waals surface area contributed by atoms with Gasteiger partial charge >= 0.3 is 0 Å². The molecule has 3 aromatic rings. The van der Waals surface area contributed by atoms with E-state index in [9.17, 15) is 8.42 Å². The van der Waals surface area contributed by atoms with Crippen molar-refractivity contribution in [2.75, 3.05) is 0 Å². The summed E-state index contributed by atoms with van der Waals surface area (Å²) < 4.78 is 27.7. The van der Waals surface area contributed by atoms with E-state index in [1.54, 1.807) is 18.3 Å². The van der Waals surface area contributed by atoms with Gasteiger partial charge in [-0.05, 0) is 42.7 Å². The molecule has 4 rings (SSSR count). The fourth-order valence-corrected chi connectivity index (χ4v) is 5.58. The van der Waals surface area contributed by atoms with Crippen LogP contribution in [0.2, 0.25) is 0 Å². The summed E-state index contributed by atoms with van der Waals surface area (Å²) in [5, 5.41) is 0.909. The van der Waals surface area contributed by atoms with Crippen LogP contribution >= 0.6 is 0 Å². The van der Waals surface area contributed by atoms with Gasteiger partial charge in [-0.25, -0.2) is 8.42 Å². The van der Waals surface area contributed by atoms with Crippen molar-refractivity contribution < 1.29 is 8.42 Å². The number of rotatable bonds is 4. The third-order valence-corrected chi connectivity index (χ3v) is 7.45. The molecule has 1 aromatic carbocycles. The van der Waals surface area contributed by atoms with Crippen molar-refractivity contribution in [1.82, 2.24) is 9.55 Å². The van der Waals surface area contributed by atoms with Gasteiger partial charge in [-0.2, -0.15) is 0 Å². The van der Waals surface area contributed by atoms with E-state index < -0.39 is 9.84 Å². The summed E-state index contributed by atoms with van der Waals surface area (Å²) in [6.07, 6.45) is 10.5. The summed E-state index contributed by atoms with van der Waals surface area (Å²) in [7, 11) is -3.19. The van der Waals surface area contributed by atoms with Gasteiger partial charge in [0.15, 0.2) is 9.84 Å². The normalized spacial score (nSPS) is 16.3. The Morgan fingerprint density at radius 3 is 2.52 bits per heavy atom. The molecule has 0 bridgehead atoms. The molecule has 0 unspecified atom stereocenters. The van der Waals surface area contributed by atoms with Crippen LogP contribution in [0.25, 0.3) is 10.9 Å². The van der Waals surface area contributed by atoms with Crippen LogP contribution in [0.4, 0.5) is 0 Å². The van der Waals surface area contributed by atoms with E-state index in [1.807, 2.05) is 36.7 Å². The van der Waals surface area contributed by atoms with Crippen molar-refractivity contribution in [1.29, 1.82) is 0 Å². The Balaban J connectivity index is 1.56. The number of sulfone groups is 1. The van der Waals surface area contributed by atoms with E-state index in [0.717, 1.165) is 55.1 Å². The summed E-state index contributed by atoms with van der Waals surface area (Å²) in [6, 6.07) is 11.5. The fraction of sp³-hybridized carbons (Fsp3) is 0.350. The molecule has 2 heterocycles. The van der Waals surface area contributed by atoms with E-state index in [2.05, 4.69) is 9.55 Å². The number of hydrogen-bond donors (Lipinski definition) is 0.